The number of benzene rings is 5. The third-order valence-corrected chi connectivity index (χ3v) is 9.61. The summed E-state index contributed by atoms with van der Waals surface area (Å²) in [6.07, 6.45) is 1.35. The summed E-state index contributed by atoms with van der Waals surface area (Å²) in [5.74, 6) is 1.60. The third-order valence-electron chi connectivity index (χ3n) is 8.39. The second kappa shape index (κ2) is 10.5. The van der Waals surface area contributed by atoms with E-state index in [1.807, 2.05) is 30.5 Å². The van der Waals surface area contributed by atoms with Crippen LogP contribution in [0.15, 0.2) is 150 Å². The highest BCUT2D eigenvalue weighted by Gasteiger charge is 2.25. The first-order valence-corrected chi connectivity index (χ1v) is 15.7. The van der Waals surface area contributed by atoms with E-state index in [9.17, 15) is 0 Å². The largest absolute Gasteiger partial charge is 0.324 e. The summed E-state index contributed by atoms with van der Waals surface area (Å²) in [6.45, 7) is 0. The Hall–Kier alpha value is -5.72. The Kier molecular flexibility index (Phi) is 5.99. The average molecular weight is 596 g/mol. The topological polar surface area (TPSA) is 62.5 Å². The zero-order valence-electron chi connectivity index (χ0n) is 24.1. The Bertz CT molecular complexity index is 2480. The highest BCUT2D eigenvalue weighted by atomic mass is 32.1. The van der Waals surface area contributed by atoms with Gasteiger partial charge in [-0.05, 0) is 24.3 Å². The van der Waals surface area contributed by atoms with Crippen molar-refractivity contribution < 1.29 is 0 Å². The second-order valence-corrected chi connectivity index (χ2v) is 12.1. The number of hydrogen-bond donors (Lipinski definition) is 1. The maximum absolute atomic E-state index is 5.30. The van der Waals surface area contributed by atoms with Gasteiger partial charge in [-0.3, -0.25) is 4.98 Å². The molecule has 45 heavy (non-hydrogen) atoms. The van der Waals surface area contributed by atoms with Gasteiger partial charge in [-0.15, -0.1) is 11.3 Å². The van der Waals surface area contributed by atoms with Crippen LogP contribution in [-0.4, -0.2) is 21.6 Å². The lowest BCUT2D eigenvalue weighted by atomic mass is 10.00. The van der Waals surface area contributed by atoms with E-state index in [1.165, 1.54) is 20.2 Å². The molecule has 1 aliphatic rings. The fourth-order valence-corrected chi connectivity index (χ4v) is 7.45. The van der Waals surface area contributed by atoms with E-state index in [4.69, 9.17) is 15.0 Å². The van der Waals surface area contributed by atoms with Gasteiger partial charge < -0.3 is 5.32 Å². The van der Waals surface area contributed by atoms with Gasteiger partial charge in [-0.2, -0.15) is 0 Å². The smallest absolute Gasteiger partial charge is 0.170 e. The van der Waals surface area contributed by atoms with Gasteiger partial charge in [0.05, 0.1) is 16.7 Å². The summed E-state index contributed by atoms with van der Waals surface area (Å²) in [4.78, 5) is 20.3. The van der Waals surface area contributed by atoms with Crippen LogP contribution in [0.5, 0.6) is 0 Å². The molecule has 212 valence electrons. The number of thiophene rings is 1. The molecule has 0 spiro atoms. The molecule has 6 heteroatoms. The van der Waals surface area contributed by atoms with Crippen molar-refractivity contribution in [2.75, 3.05) is 0 Å². The minimum Gasteiger partial charge on any atom is -0.324 e. The van der Waals surface area contributed by atoms with Crippen LogP contribution in [0.4, 0.5) is 0 Å². The molecule has 3 aromatic heterocycles. The van der Waals surface area contributed by atoms with Gasteiger partial charge in [-0.1, -0.05) is 109 Å². The maximum atomic E-state index is 5.30. The van der Waals surface area contributed by atoms with Crippen molar-refractivity contribution in [2.45, 2.75) is 6.17 Å². The van der Waals surface area contributed by atoms with E-state index in [2.05, 4.69) is 119 Å². The standard InChI is InChI=1S/C39H25N5S/c1-2-10-26(11-3-1)37-42-38(44-39(43-37)31-17-8-16-29-28-14-6-7-18-33(28)45-36(29)31)30-15-5-4-13-27(30)32-22-21-25-20-19-24-12-9-23-40-34(24)35(25)41-32/h1-23,38H,(H,42,43,44). The van der Waals surface area contributed by atoms with Gasteiger partial charge in [0, 0.05) is 59.4 Å². The Morgan fingerprint density at radius 1 is 0.556 bits per heavy atom. The predicted octanol–water partition coefficient (Wildman–Crippen LogP) is 9.31. The van der Waals surface area contributed by atoms with Gasteiger partial charge in [0.25, 0.3) is 0 Å². The van der Waals surface area contributed by atoms with Gasteiger partial charge in [-0.25, -0.2) is 15.0 Å². The van der Waals surface area contributed by atoms with E-state index in [1.54, 1.807) is 11.3 Å². The molecule has 1 atom stereocenters. The molecule has 0 bridgehead atoms. The molecule has 0 radical (unpaired) electrons. The van der Waals surface area contributed by atoms with Crippen molar-refractivity contribution in [3.8, 4) is 11.3 Å². The number of amidine groups is 2. The Morgan fingerprint density at radius 2 is 1.29 bits per heavy atom. The highest BCUT2D eigenvalue weighted by Crippen LogP contribution is 2.38. The normalized spacial score (nSPS) is 14.9. The molecule has 0 amide bonds. The van der Waals surface area contributed by atoms with E-state index in [0.717, 1.165) is 61.4 Å². The fraction of sp³-hybridized carbons (Fsp3) is 0.0256. The lowest BCUT2D eigenvalue weighted by Gasteiger charge is -2.24. The summed E-state index contributed by atoms with van der Waals surface area (Å²) in [7, 11) is 0. The van der Waals surface area contributed by atoms with E-state index in [0.29, 0.717) is 0 Å². The Balaban J connectivity index is 1.23. The van der Waals surface area contributed by atoms with Crippen LogP contribution in [0.1, 0.15) is 22.9 Å². The van der Waals surface area contributed by atoms with Gasteiger partial charge in [0.1, 0.15) is 11.7 Å². The van der Waals surface area contributed by atoms with Crippen molar-refractivity contribution in [1.82, 2.24) is 15.3 Å². The number of fused-ring (bicyclic) bond motifs is 6. The molecule has 4 heterocycles. The van der Waals surface area contributed by atoms with Crippen LogP contribution in [0.2, 0.25) is 0 Å². The van der Waals surface area contributed by atoms with Crippen LogP contribution >= 0.6 is 11.3 Å². The summed E-state index contributed by atoms with van der Waals surface area (Å²) in [5.41, 5.74) is 6.73. The third kappa shape index (κ3) is 4.38. The van der Waals surface area contributed by atoms with Crippen LogP contribution in [0.3, 0.4) is 0 Å². The Labute approximate surface area is 263 Å². The lowest BCUT2D eigenvalue weighted by molar-refractivity contribution is 0.757. The van der Waals surface area contributed by atoms with Crippen molar-refractivity contribution in [3.05, 3.63) is 156 Å². The second-order valence-electron chi connectivity index (χ2n) is 11.1. The fourth-order valence-electron chi connectivity index (χ4n) is 6.23. The molecule has 0 saturated heterocycles. The van der Waals surface area contributed by atoms with Gasteiger partial charge in [0.15, 0.2) is 6.17 Å². The SMILES string of the molecule is c1ccc(C2=NC(c3ccccc3-c3ccc4ccc5cccnc5c4n3)N=C(c3cccc4c3sc3ccccc34)N2)cc1. The minimum atomic E-state index is -0.472. The summed E-state index contributed by atoms with van der Waals surface area (Å²) in [5, 5.41) is 8.24. The first-order chi connectivity index (χ1) is 22.3. The van der Waals surface area contributed by atoms with Crippen molar-refractivity contribution >= 4 is 65.0 Å². The van der Waals surface area contributed by atoms with Crippen LogP contribution < -0.4 is 5.32 Å². The average Bonchev–Trinajstić information content (AvgIpc) is 3.50. The van der Waals surface area contributed by atoms with Crippen molar-refractivity contribution in [3.63, 3.8) is 0 Å². The molecule has 1 N–H and O–H groups in total. The van der Waals surface area contributed by atoms with E-state index in [-0.39, 0.29) is 0 Å². The zero-order valence-corrected chi connectivity index (χ0v) is 24.9. The molecule has 8 aromatic rings. The van der Waals surface area contributed by atoms with Gasteiger partial charge in [0.2, 0.25) is 0 Å². The van der Waals surface area contributed by atoms with E-state index >= 15 is 0 Å². The Morgan fingerprint density at radius 3 is 2.22 bits per heavy atom. The number of hydrogen-bond acceptors (Lipinski definition) is 6. The van der Waals surface area contributed by atoms with Gasteiger partial charge >= 0.3 is 0 Å². The summed E-state index contributed by atoms with van der Waals surface area (Å²) >= 11 is 1.80. The minimum absolute atomic E-state index is 0.472. The molecular formula is C39H25N5S. The lowest BCUT2D eigenvalue weighted by Crippen LogP contribution is -2.36. The number of aromatic nitrogens is 2. The number of pyridine rings is 2. The molecule has 9 rings (SSSR count). The molecular weight excluding hydrogens is 571 g/mol. The number of aliphatic imine (C=N–C) groups is 2. The van der Waals surface area contributed by atoms with Crippen LogP contribution in [0.25, 0.3) is 53.2 Å². The molecule has 0 aliphatic carbocycles. The van der Waals surface area contributed by atoms with Crippen LogP contribution in [0, 0.1) is 0 Å². The number of rotatable bonds is 4. The predicted molar refractivity (Wildman–Crippen MR) is 187 cm³/mol. The van der Waals surface area contributed by atoms with E-state index < -0.39 is 6.17 Å². The molecule has 1 aliphatic heterocycles. The zero-order chi connectivity index (χ0) is 29.7. The van der Waals surface area contributed by atoms with Crippen molar-refractivity contribution in [2.24, 2.45) is 9.98 Å². The molecule has 1 unspecified atom stereocenters. The molecule has 0 saturated carbocycles. The summed E-state index contributed by atoms with van der Waals surface area (Å²) in [6, 6.07) is 46.1. The number of nitrogens with zero attached hydrogens (tertiary/aromatic N) is 4. The first kappa shape index (κ1) is 25.7. The summed E-state index contributed by atoms with van der Waals surface area (Å²) < 4.78 is 2.47. The van der Waals surface area contributed by atoms with Crippen molar-refractivity contribution in [1.29, 1.82) is 0 Å². The molecule has 5 aromatic carbocycles. The molecule has 0 fully saturated rings. The van der Waals surface area contributed by atoms with Crippen LogP contribution in [-0.2, 0) is 0 Å². The number of nitrogens with one attached hydrogen (secondary N) is 1. The maximum Gasteiger partial charge on any atom is 0.170 e. The highest BCUT2D eigenvalue weighted by molar-refractivity contribution is 7.26. The molecule has 5 nitrogen and oxygen atoms in total. The first-order valence-electron chi connectivity index (χ1n) is 14.9. The monoisotopic (exact) mass is 595 g/mol. The quantitative estimate of drug-likeness (QED) is 0.206.